The van der Waals surface area contributed by atoms with Crippen LogP contribution in [0.3, 0.4) is 0 Å². The van der Waals surface area contributed by atoms with Gasteiger partial charge in [0, 0.05) is 5.56 Å². The monoisotopic (exact) mass is 340 g/mol. The number of benzene rings is 2. The summed E-state index contributed by atoms with van der Waals surface area (Å²) in [5.74, 6) is -0.408. The van der Waals surface area contributed by atoms with Gasteiger partial charge in [-0.05, 0) is 46.3 Å². The summed E-state index contributed by atoms with van der Waals surface area (Å²) in [5.41, 5.74) is 6.64. The molecule has 0 saturated heterocycles. The Morgan fingerprint density at radius 3 is 2.74 bits per heavy atom. The zero-order chi connectivity index (χ0) is 14.0. The summed E-state index contributed by atoms with van der Waals surface area (Å²) >= 11 is 8.96. The Bertz CT molecular complexity index is 647. The Morgan fingerprint density at radius 1 is 1.32 bits per heavy atom. The number of rotatable bonds is 2. The van der Waals surface area contributed by atoms with Crippen molar-refractivity contribution in [3.8, 4) is 5.75 Å². The first-order valence-electron chi connectivity index (χ1n) is 5.33. The maximum atomic E-state index is 12.0. The van der Waals surface area contributed by atoms with Crippen molar-refractivity contribution in [1.82, 2.24) is 0 Å². The van der Waals surface area contributed by atoms with Crippen LogP contribution >= 0.6 is 27.5 Å². The maximum Gasteiger partial charge on any atom is 0.255 e. The topological polar surface area (TPSA) is 75.4 Å². The van der Waals surface area contributed by atoms with E-state index in [1.165, 1.54) is 6.07 Å². The van der Waals surface area contributed by atoms with E-state index in [1.807, 2.05) is 0 Å². The molecule has 0 atom stereocenters. The number of carbonyl (C=O) groups excluding carboxylic acids is 1. The summed E-state index contributed by atoms with van der Waals surface area (Å²) in [7, 11) is 0. The molecule has 0 aliphatic rings. The molecular weight excluding hydrogens is 332 g/mol. The Morgan fingerprint density at radius 2 is 2.05 bits per heavy atom. The number of aromatic hydroxyl groups is 1. The van der Waals surface area contributed by atoms with Gasteiger partial charge in [0.2, 0.25) is 0 Å². The number of nitrogens with two attached hydrogens (primary N) is 1. The maximum absolute atomic E-state index is 12.0. The molecule has 6 heteroatoms. The van der Waals surface area contributed by atoms with E-state index >= 15 is 0 Å². The van der Waals surface area contributed by atoms with Crippen LogP contribution in [0.5, 0.6) is 5.75 Å². The first kappa shape index (κ1) is 13.7. The molecule has 4 nitrogen and oxygen atoms in total. The zero-order valence-electron chi connectivity index (χ0n) is 9.65. The molecule has 98 valence electrons. The van der Waals surface area contributed by atoms with E-state index < -0.39 is 0 Å². The molecule has 0 radical (unpaired) electrons. The Hall–Kier alpha value is -1.72. The first-order chi connectivity index (χ1) is 8.99. The second-order valence-electron chi connectivity index (χ2n) is 3.83. The van der Waals surface area contributed by atoms with E-state index in [1.54, 1.807) is 30.3 Å². The lowest BCUT2D eigenvalue weighted by Crippen LogP contribution is -2.12. The van der Waals surface area contributed by atoms with Crippen molar-refractivity contribution < 1.29 is 9.90 Å². The highest BCUT2D eigenvalue weighted by atomic mass is 79.9. The molecule has 1 amide bonds. The van der Waals surface area contributed by atoms with Crippen LogP contribution in [0, 0.1) is 0 Å². The molecule has 0 spiro atoms. The number of nitrogen functional groups attached to an aromatic ring is 1. The van der Waals surface area contributed by atoms with Crippen LogP contribution in [-0.2, 0) is 0 Å². The summed E-state index contributed by atoms with van der Waals surface area (Å²) in [6.45, 7) is 0. The Labute approximate surface area is 123 Å². The molecule has 0 aliphatic carbocycles. The second-order valence-corrected chi connectivity index (χ2v) is 5.09. The summed E-state index contributed by atoms with van der Waals surface area (Å²) in [4.78, 5) is 12.0. The molecule has 0 heterocycles. The zero-order valence-corrected chi connectivity index (χ0v) is 12.0. The number of phenolic OH excluding ortho intramolecular Hbond substituents is 1. The normalized spacial score (nSPS) is 10.2. The number of para-hydroxylation sites is 1. The number of hydrogen-bond donors (Lipinski definition) is 3. The lowest BCUT2D eigenvalue weighted by Gasteiger charge is -2.09. The number of carbonyl (C=O) groups is 1. The van der Waals surface area contributed by atoms with Crippen molar-refractivity contribution in [2.24, 2.45) is 0 Å². The summed E-state index contributed by atoms with van der Waals surface area (Å²) < 4.78 is 0.501. The lowest BCUT2D eigenvalue weighted by molar-refractivity contribution is 0.102. The number of halogens is 2. The van der Waals surface area contributed by atoms with Crippen LogP contribution in [0.15, 0.2) is 40.9 Å². The standard InChI is InChI=1S/C13H10BrClN2O2/c14-8-2-1-3-11(12(8)18)17-13(19)7-4-5-9(15)10(16)6-7/h1-6,18H,16H2,(H,17,19). The van der Waals surface area contributed by atoms with Gasteiger partial charge in [-0.2, -0.15) is 0 Å². The average Bonchev–Trinajstić information content (AvgIpc) is 2.38. The predicted octanol–water partition coefficient (Wildman–Crippen LogP) is 3.64. The fourth-order valence-electron chi connectivity index (χ4n) is 1.50. The van der Waals surface area contributed by atoms with E-state index in [0.29, 0.717) is 26.4 Å². The highest BCUT2D eigenvalue weighted by Crippen LogP contribution is 2.32. The lowest BCUT2D eigenvalue weighted by atomic mass is 10.2. The smallest absolute Gasteiger partial charge is 0.255 e. The summed E-state index contributed by atoms with van der Waals surface area (Å²) in [6.07, 6.45) is 0. The number of hydrogen-bond acceptors (Lipinski definition) is 3. The number of anilines is 2. The minimum atomic E-state index is -0.378. The second kappa shape index (κ2) is 5.50. The van der Waals surface area contributed by atoms with Crippen molar-refractivity contribution in [2.45, 2.75) is 0 Å². The largest absolute Gasteiger partial charge is 0.505 e. The van der Waals surface area contributed by atoms with Gasteiger partial charge in [0.1, 0.15) is 0 Å². The summed E-state index contributed by atoms with van der Waals surface area (Å²) in [6, 6.07) is 9.56. The molecular formula is C13H10BrClN2O2. The van der Waals surface area contributed by atoms with Crippen LogP contribution < -0.4 is 11.1 Å². The number of nitrogens with one attached hydrogen (secondary N) is 1. The van der Waals surface area contributed by atoms with Gasteiger partial charge in [-0.1, -0.05) is 17.7 Å². The molecule has 2 rings (SSSR count). The Kier molecular flexibility index (Phi) is 3.97. The van der Waals surface area contributed by atoms with Gasteiger partial charge in [0.05, 0.1) is 20.9 Å². The summed E-state index contributed by atoms with van der Waals surface area (Å²) in [5, 5.41) is 12.8. The molecule has 0 bridgehead atoms. The van der Waals surface area contributed by atoms with Gasteiger partial charge in [-0.15, -0.1) is 0 Å². The van der Waals surface area contributed by atoms with E-state index in [9.17, 15) is 9.90 Å². The minimum absolute atomic E-state index is 0.0298. The van der Waals surface area contributed by atoms with Gasteiger partial charge < -0.3 is 16.2 Å². The van der Waals surface area contributed by atoms with E-state index in [2.05, 4.69) is 21.2 Å². The van der Waals surface area contributed by atoms with Gasteiger partial charge >= 0.3 is 0 Å². The third-order valence-electron chi connectivity index (χ3n) is 2.49. The van der Waals surface area contributed by atoms with Crippen molar-refractivity contribution in [2.75, 3.05) is 11.1 Å². The molecule has 0 aromatic heterocycles. The quantitative estimate of drug-likeness (QED) is 0.576. The molecule has 19 heavy (non-hydrogen) atoms. The van der Waals surface area contributed by atoms with Crippen molar-refractivity contribution in [1.29, 1.82) is 0 Å². The fourth-order valence-corrected chi connectivity index (χ4v) is 1.98. The van der Waals surface area contributed by atoms with Gasteiger partial charge in [-0.25, -0.2) is 0 Å². The van der Waals surface area contributed by atoms with Crippen LogP contribution in [0.4, 0.5) is 11.4 Å². The van der Waals surface area contributed by atoms with Crippen LogP contribution in [0.2, 0.25) is 5.02 Å². The van der Waals surface area contributed by atoms with Crippen LogP contribution in [-0.4, -0.2) is 11.0 Å². The van der Waals surface area contributed by atoms with E-state index in [4.69, 9.17) is 17.3 Å². The van der Waals surface area contributed by atoms with Gasteiger partial charge in [-0.3, -0.25) is 4.79 Å². The van der Waals surface area contributed by atoms with Crippen LogP contribution in [0.1, 0.15) is 10.4 Å². The highest BCUT2D eigenvalue weighted by Gasteiger charge is 2.11. The molecule has 0 aliphatic heterocycles. The van der Waals surface area contributed by atoms with E-state index in [-0.39, 0.29) is 11.7 Å². The molecule has 2 aromatic rings. The first-order valence-corrected chi connectivity index (χ1v) is 6.50. The van der Waals surface area contributed by atoms with Crippen LogP contribution in [0.25, 0.3) is 0 Å². The van der Waals surface area contributed by atoms with E-state index in [0.717, 1.165) is 0 Å². The predicted molar refractivity (Wildman–Crippen MR) is 79.6 cm³/mol. The fraction of sp³-hybridized carbons (Fsp3) is 0. The van der Waals surface area contributed by atoms with Gasteiger partial charge in [0.15, 0.2) is 5.75 Å². The number of amides is 1. The Balaban J connectivity index is 2.26. The third kappa shape index (κ3) is 3.00. The highest BCUT2D eigenvalue weighted by molar-refractivity contribution is 9.10. The van der Waals surface area contributed by atoms with Gasteiger partial charge in [0.25, 0.3) is 5.91 Å². The average molecular weight is 342 g/mol. The molecule has 0 fully saturated rings. The molecule has 0 saturated carbocycles. The number of phenols is 1. The molecule has 2 aromatic carbocycles. The SMILES string of the molecule is Nc1cc(C(=O)Nc2cccc(Br)c2O)ccc1Cl. The molecule has 0 unspecified atom stereocenters. The van der Waals surface area contributed by atoms with Crippen molar-refractivity contribution in [3.05, 3.63) is 51.5 Å². The molecule has 4 N–H and O–H groups in total. The van der Waals surface area contributed by atoms with Crippen molar-refractivity contribution >= 4 is 44.8 Å². The minimum Gasteiger partial charge on any atom is -0.505 e. The third-order valence-corrected chi connectivity index (χ3v) is 3.48. The van der Waals surface area contributed by atoms with Crippen molar-refractivity contribution in [3.63, 3.8) is 0 Å².